The molecule has 9 heavy (non-hydrogen) atoms. The molecule has 2 heteroatoms. The molecule has 0 saturated carbocycles. The number of hydrogen-bond acceptors (Lipinski definition) is 2. The average Bonchev–Trinajstić information content (AvgIpc) is 1.79. The third-order valence-electron chi connectivity index (χ3n) is 1.13. The maximum atomic E-state index is 9.02. The van der Waals surface area contributed by atoms with E-state index < -0.39 is 0 Å². The lowest BCUT2D eigenvalue weighted by Crippen LogP contribution is -2.08. The first-order chi connectivity index (χ1) is 4.39. The Balaban J connectivity index is 2.37. The highest BCUT2D eigenvalue weighted by atomic mass is 32.2. The zero-order chi connectivity index (χ0) is 6.53. The number of aliphatic hydroxyl groups excluding tert-OH is 1. The van der Waals surface area contributed by atoms with Crippen LogP contribution in [0.15, 0.2) is 0 Å². The summed E-state index contributed by atoms with van der Waals surface area (Å²) in [7, 11) is 0. The molecule has 1 aliphatic heterocycles. The quantitative estimate of drug-likeness (QED) is 0.507. The minimum Gasteiger partial charge on any atom is -0.380 e. The SMILES string of the molecule is OC1C#CCCCSC1. The molecular formula is C7H10OS. The van der Waals surface area contributed by atoms with Gasteiger partial charge in [-0.25, -0.2) is 0 Å². The predicted octanol–water partition coefficient (Wildman–Crippen LogP) is 0.878. The van der Waals surface area contributed by atoms with Gasteiger partial charge < -0.3 is 5.11 Å². The van der Waals surface area contributed by atoms with Gasteiger partial charge in [-0.05, 0) is 12.2 Å². The van der Waals surface area contributed by atoms with E-state index in [-0.39, 0.29) is 6.10 Å². The molecule has 50 valence electrons. The molecule has 0 amide bonds. The van der Waals surface area contributed by atoms with Gasteiger partial charge in [0.1, 0.15) is 6.10 Å². The van der Waals surface area contributed by atoms with Gasteiger partial charge in [-0.1, -0.05) is 5.92 Å². The summed E-state index contributed by atoms with van der Waals surface area (Å²) < 4.78 is 0. The van der Waals surface area contributed by atoms with Crippen molar-refractivity contribution in [2.45, 2.75) is 18.9 Å². The Morgan fingerprint density at radius 2 is 2.44 bits per heavy atom. The van der Waals surface area contributed by atoms with E-state index in [1.165, 1.54) is 6.42 Å². The van der Waals surface area contributed by atoms with Crippen molar-refractivity contribution in [1.82, 2.24) is 0 Å². The molecule has 0 aromatic carbocycles. The molecule has 0 radical (unpaired) electrons. The molecule has 1 atom stereocenters. The summed E-state index contributed by atoms with van der Waals surface area (Å²) in [5, 5.41) is 9.02. The van der Waals surface area contributed by atoms with Crippen LogP contribution in [0.4, 0.5) is 0 Å². The smallest absolute Gasteiger partial charge is 0.123 e. The van der Waals surface area contributed by atoms with Gasteiger partial charge in [0, 0.05) is 12.2 Å². The van der Waals surface area contributed by atoms with E-state index >= 15 is 0 Å². The van der Waals surface area contributed by atoms with Crippen molar-refractivity contribution >= 4 is 11.8 Å². The van der Waals surface area contributed by atoms with E-state index in [2.05, 4.69) is 11.8 Å². The Labute approximate surface area is 59.8 Å². The molecule has 1 aliphatic rings. The van der Waals surface area contributed by atoms with Crippen LogP contribution in [0.3, 0.4) is 0 Å². The molecule has 1 N–H and O–H groups in total. The monoisotopic (exact) mass is 142 g/mol. The van der Waals surface area contributed by atoms with Gasteiger partial charge in [-0.15, -0.1) is 5.92 Å². The third-order valence-corrected chi connectivity index (χ3v) is 2.26. The molecule has 0 spiro atoms. The summed E-state index contributed by atoms with van der Waals surface area (Å²) in [6, 6.07) is 0. The molecule has 0 bridgehead atoms. The van der Waals surface area contributed by atoms with E-state index in [1.807, 2.05) is 0 Å². The second-order valence-corrected chi connectivity index (χ2v) is 3.17. The summed E-state index contributed by atoms with van der Waals surface area (Å²) in [5.41, 5.74) is 0. The van der Waals surface area contributed by atoms with Crippen molar-refractivity contribution in [3.05, 3.63) is 0 Å². The summed E-state index contributed by atoms with van der Waals surface area (Å²) >= 11 is 1.78. The van der Waals surface area contributed by atoms with Crippen molar-refractivity contribution < 1.29 is 5.11 Å². The van der Waals surface area contributed by atoms with Gasteiger partial charge >= 0.3 is 0 Å². The Bertz CT molecular complexity index is 134. The van der Waals surface area contributed by atoms with Crippen LogP contribution in [0.25, 0.3) is 0 Å². The topological polar surface area (TPSA) is 20.2 Å². The first-order valence-electron chi connectivity index (χ1n) is 3.14. The van der Waals surface area contributed by atoms with Gasteiger partial charge in [0.2, 0.25) is 0 Å². The van der Waals surface area contributed by atoms with Crippen LogP contribution in [0.5, 0.6) is 0 Å². The first kappa shape index (κ1) is 6.98. The van der Waals surface area contributed by atoms with Crippen molar-refractivity contribution in [2.24, 2.45) is 0 Å². The largest absolute Gasteiger partial charge is 0.380 e. The van der Waals surface area contributed by atoms with E-state index in [4.69, 9.17) is 5.11 Å². The third kappa shape index (κ3) is 2.78. The van der Waals surface area contributed by atoms with Gasteiger partial charge in [-0.3, -0.25) is 0 Å². The van der Waals surface area contributed by atoms with Gasteiger partial charge in [0.05, 0.1) is 0 Å². The molecule has 0 aliphatic carbocycles. The predicted molar refractivity (Wildman–Crippen MR) is 40.3 cm³/mol. The first-order valence-corrected chi connectivity index (χ1v) is 4.29. The van der Waals surface area contributed by atoms with E-state index in [1.54, 1.807) is 11.8 Å². The van der Waals surface area contributed by atoms with Crippen LogP contribution in [0.1, 0.15) is 12.8 Å². The summed E-state index contributed by atoms with van der Waals surface area (Å²) in [5.74, 6) is 7.62. The maximum Gasteiger partial charge on any atom is 0.123 e. The highest BCUT2D eigenvalue weighted by Crippen LogP contribution is 2.07. The summed E-state index contributed by atoms with van der Waals surface area (Å²) in [4.78, 5) is 0. The number of rotatable bonds is 0. The molecule has 0 saturated heterocycles. The normalized spacial score (nSPS) is 27.4. The van der Waals surface area contributed by atoms with Crippen LogP contribution >= 0.6 is 11.8 Å². The maximum absolute atomic E-state index is 9.02. The molecule has 0 aromatic heterocycles. The Morgan fingerprint density at radius 3 is 3.33 bits per heavy atom. The molecule has 0 aromatic rings. The Kier molecular flexibility index (Phi) is 2.96. The molecule has 1 heterocycles. The van der Waals surface area contributed by atoms with Crippen LogP contribution < -0.4 is 0 Å². The fraction of sp³-hybridized carbons (Fsp3) is 0.714. The molecule has 1 unspecified atom stereocenters. The van der Waals surface area contributed by atoms with Crippen LogP contribution in [-0.4, -0.2) is 22.7 Å². The lowest BCUT2D eigenvalue weighted by atomic mass is 10.3. The average molecular weight is 142 g/mol. The lowest BCUT2D eigenvalue weighted by Gasteiger charge is -2.04. The van der Waals surface area contributed by atoms with Crippen LogP contribution in [-0.2, 0) is 0 Å². The molecule has 1 nitrogen and oxygen atoms in total. The van der Waals surface area contributed by atoms with E-state index in [9.17, 15) is 0 Å². The summed E-state index contributed by atoms with van der Waals surface area (Å²) in [6.45, 7) is 0. The van der Waals surface area contributed by atoms with Gasteiger partial charge in [-0.2, -0.15) is 11.8 Å². The van der Waals surface area contributed by atoms with Crippen LogP contribution in [0, 0.1) is 11.8 Å². The highest BCUT2D eigenvalue weighted by Gasteiger charge is 2.00. The Morgan fingerprint density at radius 1 is 1.56 bits per heavy atom. The van der Waals surface area contributed by atoms with Crippen molar-refractivity contribution in [2.75, 3.05) is 11.5 Å². The second kappa shape index (κ2) is 3.81. The van der Waals surface area contributed by atoms with Crippen molar-refractivity contribution in [3.8, 4) is 11.8 Å². The molecular weight excluding hydrogens is 132 g/mol. The minimum absolute atomic E-state index is 0.379. The van der Waals surface area contributed by atoms with Gasteiger partial charge in [0.15, 0.2) is 0 Å². The standard InChI is InChI=1S/C7H10OS/c8-7-4-2-1-3-5-9-6-7/h7-8H,1,3,5-6H2. The zero-order valence-corrected chi connectivity index (χ0v) is 6.08. The number of thioether (sulfide) groups is 1. The number of aliphatic hydroxyl groups is 1. The fourth-order valence-electron chi connectivity index (χ4n) is 0.689. The molecule has 0 fully saturated rings. The highest BCUT2D eigenvalue weighted by molar-refractivity contribution is 7.99. The number of hydrogen-bond donors (Lipinski definition) is 1. The van der Waals surface area contributed by atoms with Crippen LogP contribution in [0.2, 0.25) is 0 Å². The van der Waals surface area contributed by atoms with Crippen molar-refractivity contribution in [3.63, 3.8) is 0 Å². The molecule has 1 rings (SSSR count). The lowest BCUT2D eigenvalue weighted by molar-refractivity contribution is 0.257. The zero-order valence-electron chi connectivity index (χ0n) is 5.26. The Hall–Kier alpha value is -0.130. The second-order valence-electron chi connectivity index (χ2n) is 2.02. The van der Waals surface area contributed by atoms with Crippen molar-refractivity contribution in [1.29, 1.82) is 0 Å². The minimum atomic E-state index is -0.379. The fourth-order valence-corrected chi connectivity index (χ4v) is 1.51. The summed E-state index contributed by atoms with van der Waals surface area (Å²) in [6.07, 6.45) is 1.74. The van der Waals surface area contributed by atoms with Gasteiger partial charge in [0.25, 0.3) is 0 Å². The van der Waals surface area contributed by atoms with E-state index in [0.717, 1.165) is 17.9 Å². The van der Waals surface area contributed by atoms with E-state index in [0.29, 0.717) is 0 Å².